The summed E-state index contributed by atoms with van der Waals surface area (Å²) in [6.45, 7) is 2.94. The Morgan fingerprint density at radius 2 is 1.97 bits per heavy atom. The summed E-state index contributed by atoms with van der Waals surface area (Å²) in [6.07, 6.45) is 11.1. The molecule has 2 N–H and O–H groups in total. The monoisotopic (exact) mass is 431 g/mol. The van der Waals surface area contributed by atoms with Crippen LogP contribution in [0.15, 0.2) is 12.4 Å². The number of likely N-dealkylation sites (tertiary alicyclic amines) is 1. The van der Waals surface area contributed by atoms with Crippen molar-refractivity contribution in [3.05, 3.63) is 18.2 Å². The molecule has 0 bridgehead atoms. The molecule has 170 valence electrons. The van der Waals surface area contributed by atoms with Crippen LogP contribution in [0.5, 0.6) is 0 Å². The Labute approximate surface area is 182 Å². The molecule has 2 unspecified atom stereocenters. The Morgan fingerprint density at radius 1 is 1.16 bits per heavy atom. The minimum absolute atomic E-state index is 0.0201. The minimum Gasteiger partial charge on any atom is -0.376 e. The maximum absolute atomic E-state index is 12.9. The second-order valence-corrected chi connectivity index (χ2v) is 9.30. The van der Waals surface area contributed by atoms with E-state index < -0.39 is 11.7 Å². The van der Waals surface area contributed by atoms with Crippen molar-refractivity contribution in [2.75, 3.05) is 26.2 Å². The fraction of sp³-hybridized carbons (Fsp3) is 0.773. The van der Waals surface area contributed by atoms with Crippen LogP contribution in [0.3, 0.4) is 0 Å². The molecule has 4 aliphatic rings. The molecule has 2 atom stereocenters. The lowest BCUT2D eigenvalue weighted by Gasteiger charge is -2.45. The number of nitrogens with one attached hydrogen (secondary N) is 2. The van der Waals surface area contributed by atoms with Crippen LogP contribution < -0.4 is 10.6 Å². The molecular formula is C22H33N5O4. The fourth-order valence-corrected chi connectivity index (χ4v) is 5.42. The van der Waals surface area contributed by atoms with Gasteiger partial charge in [-0.3, -0.25) is 4.79 Å². The standard InChI is InChI=1S/C22H33N5O4/c28-19(24-14-17-6-3-13-30-17)18-15-27-12-9-23-20(27)22(31-18)7-10-26(11-8-22)21(29)25-16-4-1-2-5-16/h9,12,16-18H,1-8,10-11,13-15H2,(H,24,28)(H,25,29). The Kier molecular flexibility index (Phi) is 5.88. The number of hydrogen-bond acceptors (Lipinski definition) is 5. The first-order chi connectivity index (χ1) is 15.1. The first-order valence-corrected chi connectivity index (χ1v) is 11.8. The molecule has 4 heterocycles. The maximum atomic E-state index is 12.9. The van der Waals surface area contributed by atoms with Crippen molar-refractivity contribution in [2.24, 2.45) is 0 Å². The van der Waals surface area contributed by atoms with E-state index in [0.29, 0.717) is 45.1 Å². The van der Waals surface area contributed by atoms with E-state index in [1.165, 1.54) is 12.8 Å². The lowest BCUT2D eigenvalue weighted by atomic mass is 9.88. The molecule has 9 heteroatoms. The summed E-state index contributed by atoms with van der Waals surface area (Å²) >= 11 is 0. The Balaban J connectivity index is 1.22. The van der Waals surface area contributed by atoms with E-state index in [1.807, 2.05) is 15.7 Å². The van der Waals surface area contributed by atoms with Gasteiger partial charge < -0.3 is 29.6 Å². The zero-order valence-corrected chi connectivity index (χ0v) is 18.1. The largest absolute Gasteiger partial charge is 0.376 e. The molecule has 1 aromatic heterocycles. The highest BCUT2D eigenvalue weighted by Crippen LogP contribution is 2.40. The number of urea groups is 1. The second kappa shape index (κ2) is 8.78. The predicted molar refractivity (Wildman–Crippen MR) is 112 cm³/mol. The van der Waals surface area contributed by atoms with Crippen LogP contribution in [0.4, 0.5) is 4.79 Å². The van der Waals surface area contributed by atoms with Crippen LogP contribution >= 0.6 is 0 Å². The van der Waals surface area contributed by atoms with E-state index in [1.54, 1.807) is 6.20 Å². The van der Waals surface area contributed by atoms with Crippen molar-refractivity contribution in [1.82, 2.24) is 25.1 Å². The van der Waals surface area contributed by atoms with Gasteiger partial charge in [-0.05, 0) is 25.7 Å². The number of hydrogen-bond donors (Lipinski definition) is 2. The number of carbonyl (C=O) groups is 2. The normalized spacial score (nSPS) is 27.9. The molecule has 0 aromatic carbocycles. The average molecular weight is 432 g/mol. The summed E-state index contributed by atoms with van der Waals surface area (Å²) in [5.74, 6) is 0.766. The van der Waals surface area contributed by atoms with Crippen molar-refractivity contribution in [2.45, 2.75) is 81.8 Å². The van der Waals surface area contributed by atoms with Crippen LogP contribution in [-0.2, 0) is 26.4 Å². The van der Waals surface area contributed by atoms with Crippen molar-refractivity contribution < 1.29 is 19.1 Å². The van der Waals surface area contributed by atoms with Gasteiger partial charge in [-0.15, -0.1) is 0 Å². The molecule has 0 radical (unpaired) electrons. The van der Waals surface area contributed by atoms with Crippen molar-refractivity contribution in [3.63, 3.8) is 0 Å². The van der Waals surface area contributed by atoms with E-state index in [-0.39, 0.29) is 18.0 Å². The number of imidazole rings is 1. The van der Waals surface area contributed by atoms with Gasteiger partial charge in [0.2, 0.25) is 0 Å². The summed E-state index contributed by atoms with van der Waals surface area (Å²) in [5.41, 5.74) is -0.627. The maximum Gasteiger partial charge on any atom is 0.317 e. The summed E-state index contributed by atoms with van der Waals surface area (Å²) in [7, 11) is 0. The number of carbonyl (C=O) groups excluding carboxylic acids is 2. The molecule has 9 nitrogen and oxygen atoms in total. The first-order valence-electron chi connectivity index (χ1n) is 11.8. The fourth-order valence-electron chi connectivity index (χ4n) is 5.42. The van der Waals surface area contributed by atoms with Crippen LogP contribution in [-0.4, -0.2) is 70.9 Å². The smallest absolute Gasteiger partial charge is 0.317 e. The Hall–Kier alpha value is -2.13. The highest BCUT2D eigenvalue weighted by Gasteiger charge is 2.47. The second-order valence-electron chi connectivity index (χ2n) is 9.30. The summed E-state index contributed by atoms with van der Waals surface area (Å²) < 4.78 is 14.1. The molecule has 1 spiro atoms. The number of ether oxygens (including phenoxy) is 2. The first kappa shape index (κ1) is 20.8. The highest BCUT2D eigenvalue weighted by atomic mass is 16.5. The van der Waals surface area contributed by atoms with Crippen LogP contribution in [0, 0.1) is 0 Å². The number of amides is 3. The zero-order valence-electron chi connectivity index (χ0n) is 18.1. The zero-order chi connectivity index (χ0) is 21.3. The Bertz CT molecular complexity index is 792. The third-order valence-electron chi connectivity index (χ3n) is 7.21. The molecule has 1 aromatic rings. The molecule has 3 amide bonds. The van der Waals surface area contributed by atoms with Gasteiger partial charge in [0.25, 0.3) is 5.91 Å². The molecular weight excluding hydrogens is 398 g/mol. The number of piperidine rings is 1. The minimum atomic E-state index is -0.627. The van der Waals surface area contributed by atoms with Gasteiger partial charge in [0.1, 0.15) is 11.4 Å². The SMILES string of the molecule is O=C(NCC1CCCO1)C1Cn2ccnc2C2(CCN(C(=O)NC3CCCC3)CC2)O1. The quantitative estimate of drug-likeness (QED) is 0.753. The van der Waals surface area contributed by atoms with E-state index >= 15 is 0 Å². The number of rotatable bonds is 4. The molecule has 2 saturated heterocycles. The number of aromatic nitrogens is 2. The van der Waals surface area contributed by atoms with E-state index in [4.69, 9.17) is 9.47 Å². The van der Waals surface area contributed by atoms with E-state index in [0.717, 1.165) is 38.1 Å². The van der Waals surface area contributed by atoms with Gasteiger partial charge in [0, 0.05) is 57.5 Å². The van der Waals surface area contributed by atoms with Crippen molar-refractivity contribution in [1.29, 1.82) is 0 Å². The van der Waals surface area contributed by atoms with Crippen LogP contribution in [0.2, 0.25) is 0 Å². The molecule has 3 fully saturated rings. The van der Waals surface area contributed by atoms with Gasteiger partial charge in [0.15, 0.2) is 6.10 Å². The number of nitrogens with zero attached hydrogens (tertiary/aromatic N) is 3. The topological polar surface area (TPSA) is 97.7 Å². The van der Waals surface area contributed by atoms with Gasteiger partial charge in [-0.1, -0.05) is 12.8 Å². The molecule has 3 aliphatic heterocycles. The van der Waals surface area contributed by atoms with Crippen LogP contribution in [0.1, 0.15) is 57.2 Å². The number of fused-ring (bicyclic) bond motifs is 2. The van der Waals surface area contributed by atoms with Crippen LogP contribution in [0.25, 0.3) is 0 Å². The van der Waals surface area contributed by atoms with Gasteiger partial charge in [-0.25, -0.2) is 9.78 Å². The average Bonchev–Trinajstić information content (AvgIpc) is 3.55. The summed E-state index contributed by atoms with van der Waals surface area (Å²) in [6, 6.07) is 0.330. The molecule has 5 rings (SSSR count). The summed E-state index contributed by atoms with van der Waals surface area (Å²) in [4.78, 5) is 32.0. The van der Waals surface area contributed by atoms with E-state index in [9.17, 15) is 9.59 Å². The molecule has 31 heavy (non-hydrogen) atoms. The lowest BCUT2D eigenvalue weighted by Crippen LogP contribution is -2.56. The van der Waals surface area contributed by atoms with Gasteiger partial charge >= 0.3 is 6.03 Å². The van der Waals surface area contributed by atoms with Gasteiger partial charge in [0.05, 0.1) is 12.6 Å². The van der Waals surface area contributed by atoms with Gasteiger partial charge in [-0.2, -0.15) is 0 Å². The summed E-state index contributed by atoms with van der Waals surface area (Å²) in [5, 5.41) is 6.18. The third-order valence-corrected chi connectivity index (χ3v) is 7.21. The highest BCUT2D eigenvalue weighted by molar-refractivity contribution is 5.81. The Morgan fingerprint density at radius 3 is 2.71 bits per heavy atom. The molecule has 1 saturated carbocycles. The van der Waals surface area contributed by atoms with Crippen molar-refractivity contribution in [3.8, 4) is 0 Å². The predicted octanol–water partition coefficient (Wildman–Crippen LogP) is 1.52. The lowest BCUT2D eigenvalue weighted by molar-refractivity contribution is -0.172. The molecule has 1 aliphatic carbocycles. The van der Waals surface area contributed by atoms with Crippen molar-refractivity contribution >= 4 is 11.9 Å². The third kappa shape index (κ3) is 4.30. The van der Waals surface area contributed by atoms with E-state index in [2.05, 4.69) is 15.6 Å².